The number of thioether (sulfide) groups is 1. The van der Waals surface area contributed by atoms with Crippen LogP contribution in [0, 0.1) is 11.7 Å². The summed E-state index contributed by atoms with van der Waals surface area (Å²) in [4.78, 5) is 4.25. The summed E-state index contributed by atoms with van der Waals surface area (Å²) in [6.45, 7) is 0.511. The summed E-state index contributed by atoms with van der Waals surface area (Å²) in [5, 5.41) is 5.01. The van der Waals surface area contributed by atoms with Crippen molar-refractivity contribution in [2.45, 2.75) is 28.8 Å². The third-order valence-corrected chi connectivity index (χ3v) is 5.79. The van der Waals surface area contributed by atoms with Crippen LogP contribution in [0.25, 0.3) is 0 Å². The summed E-state index contributed by atoms with van der Waals surface area (Å²) >= 11 is 8.01. The molecule has 0 saturated carbocycles. The van der Waals surface area contributed by atoms with E-state index in [4.69, 9.17) is 16.3 Å². The largest absolute Gasteiger partial charge is 0.358 e. The molecule has 4 unspecified atom stereocenters. The van der Waals surface area contributed by atoms with Gasteiger partial charge in [0.15, 0.2) is 5.16 Å². The van der Waals surface area contributed by atoms with E-state index in [1.807, 2.05) is 29.2 Å². The lowest BCUT2D eigenvalue weighted by molar-refractivity contribution is 0.251. The molecule has 1 aliphatic heterocycles. The van der Waals surface area contributed by atoms with Crippen molar-refractivity contribution in [3.05, 3.63) is 66.3 Å². The number of hydrogen-bond acceptors (Lipinski definition) is 4. The molecule has 1 fully saturated rings. The second kappa shape index (κ2) is 6.59. The van der Waals surface area contributed by atoms with E-state index in [1.165, 1.54) is 30.2 Å². The maximum absolute atomic E-state index is 13.4. The van der Waals surface area contributed by atoms with E-state index in [0.717, 1.165) is 10.7 Å². The average Bonchev–Trinajstić information content (AvgIpc) is 3.16. The normalized spacial score (nSPS) is 30.6. The van der Waals surface area contributed by atoms with Crippen LogP contribution in [-0.2, 0) is 16.9 Å². The second-order valence-corrected chi connectivity index (χ2v) is 7.41. The minimum absolute atomic E-state index is 0.0537. The molecule has 0 radical (unpaired) electrons. The van der Waals surface area contributed by atoms with Crippen molar-refractivity contribution in [2.24, 2.45) is 5.92 Å². The van der Waals surface area contributed by atoms with E-state index in [1.54, 1.807) is 12.1 Å². The molecule has 2 aliphatic rings. The van der Waals surface area contributed by atoms with Crippen molar-refractivity contribution in [3.8, 4) is 0 Å². The van der Waals surface area contributed by atoms with E-state index in [9.17, 15) is 4.39 Å². The first-order valence-corrected chi connectivity index (χ1v) is 9.65. The number of aromatic nitrogens is 3. The molecule has 0 spiro atoms. The highest BCUT2D eigenvalue weighted by atomic mass is 35.5. The molecular formula is C18H17ClFN3OS. The molecule has 4 atom stereocenters. The summed E-state index contributed by atoms with van der Waals surface area (Å²) < 4.78 is 21.4. The zero-order chi connectivity index (χ0) is 17.4. The number of allylic oxidation sites excluding steroid dienone is 3. The van der Waals surface area contributed by atoms with Crippen molar-refractivity contribution in [2.75, 3.05) is 6.26 Å². The quantitative estimate of drug-likeness (QED) is 0.452. The summed E-state index contributed by atoms with van der Waals surface area (Å²) in [6.07, 6.45) is 11.4. The number of halogens is 2. The fourth-order valence-electron chi connectivity index (χ4n) is 3.37. The molecule has 4 rings (SSSR count). The molecule has 2 heterocycles. The van der Waals surface area contributed by atoms with Gasteiger partial charge in [-0.2, -0.15) is 5.10 Å². The Morgan fingerprint density at radius 1 is 1.28 bits per heavy atom. The number of benzene rings is 1. The Morgan fingerprint density at radius 2 is 2.04 bits per heavy atom. The molecular weight excluding hydrogens is 361 g/mol. The summed E-state index contributed by atoms with van der Waals surface area (Å²) in [7, 11) is 0. The van der Waals surface area contributed by atoms with E-state index < -0.39 is 5.60 Å². The number of rotatable bonds is 5. The summed E-state index contributed by atoms with van der Waals surface area (Å²) in [6, 6.07) is 6.47. The van der Waals surface area contributed by atoms with Crippen LogP contribution < -0.4 is 0 Å². The lowest BCUT2D eigenvalue weighted by Crippen LogP contribution is -2.28. The van der Waals surface area contributed by atoms with Crippen molar-refractivity contribution in [3.63, 3.8) is 0 Å². The predicted octanol–water partition coefficient (Wildman–Crippen LogP) is 3.78. The smallest absolute Gasteiger partial charge is 0.185 e. The van der Waals surface area contributed by atoms with Crippen LogP contribution in [0.3, 0.4) is 0 Å². The van der Waals surface area contributed by atoms with Gasteiger partial charge in [0.1, 0.15) is 23.8 Å². The van der Waals surface area contributed by atoms with Gasteiger partial charge in [0.25, 0.3) is 0 Å². The van der Waals surface area contributed by atoms with E-state index in [2.05, 4.69) is 16.2 Å². The molecule has 2 aromatic rings. The predicted molar refractivity (Wildman–Crippen MR) is 96.2 cm³/mol. The third kappa shape index (κ3) is 3.03. The van der Waals surface area contributed by atoms with Gasteiger partial charge in [-0.25, -0.2) is 14.1 Å². The maximum atomic E-state index is 13.4. The van der Waals surface area contributed by atoms with Crippen LogP contribution in [0.5, 0.6) is 0 Å². The average molecular weight is 378 g/mol. The molecule has 0 N–H and O–H groups in total. The number of nitrogens with zero attached hydrogens (tertiary/aromatic N) is 3. The van der Waals surface area contributed by atoms with Gasteiger partial charge in [0.2, 0.25) is 0 Å². The lowest BCUT2D eigenvalue weighted by Gasteiger charge is -2.20. The van der Waals surface area contributed by atoms with Crippen LogP contribution in [-0.4, -0.2) is 32.5 Å². The number of ether oxygens (including phenoxy) is 1. The van der Waals surface area contributed by atoms with Gasteiger partial charge in [-0.05, 0) is 24.0 Å². The topological polar surface area (TPSA) is 43.2 Å². The molecule has 1 aromatic heterocycles. The van der Waals surface area contributed by atoms with E-state index in [0.29, 0.717) is 6.54 Å². The Morgan fingerprint density at radius 3 is 2.76 bits per heavy atom. The Kier molecular flexibility index (Phi) is 4.43. The van der Waals surface area contributed by atoms with Gasteiger partial charge in [0, 0.05) is 5.92 Å². The fraction of sp³-hybridized carbons (Fsp3) is 0.333. The maximum Gasteiger partial charge on any atom is 0.185 e. The van der Waals surface area contributed by atoms with Crippen LogP contribution in [0.1, 0.15) is 5.56 Å². The Hall–Kier alpha value is -1.63. The molecule has 1 aromatic carbocycles. The molecule has 7 heteroatoms. The Balaban J connectivity index is 1.69. The van der Waals surface area contributed by atoms with Crippen molar-refractivity contribution < 1.29 is 9.13 Å². The highest BCUT2D eigenvalue weighted by Gasteiger charge is 2.62. The minimum atomic E-state index is -0.584. The molecule has 0 bridgehead atoms. The van der Waals surface area contributed by atoms with Gasteiger partial charge in [-0.15, -0.1) is 11.6 Å². The first-order chi connectivity index (χ1) is 12.1. The van der Waals surface area contributed by atoms with Crippen LogP contribution in [0.15, 0.2) is 60.1 Å². The highest BCUT2D eigenvalue weighted by molar-refractivity contribution is 7.98. The summed E-state index contributed by atoms with van der Waals surface area (Å²) in [5.74, 6) is -0.213. The van der Waals surface area contributed by atoms with Crippen LogP contribution in [0.4, 0.5) is 4.39 Å². The van der Waals surface area contributed by atoms with Crippen molar-refractivity contribution in [1.29, 1.82) is 0 Å². The van der Waals surface area contributed by atoms with Crippen molar-refractivity contribution >= 4 is 23.4 Å². The van der Waals surface area contributed by atoms with Gasteiger partial charge in [0.05, 0.1) is 11.9 Å². The number of epoxide rings is 1. The molecule has 0 amide bonds. The van der Waals surface area contributed by atoms with Gasteiger partial charge < -0.3 is 4.74 Å². The lowest BCUT2D eigenvalue weighted by atomic mass is 9.85. The Labute approximate surface area is 154 Å². The van der Waals surface area contributed by atoms with Crippen LogP contribution >= 0.6 is 23.4 Å². The molecule has 130 valence electrons. The van der Waals surface area contributed by atoms with E-state index >= 15 is 0 Å². The summed E-state index contributed by atoms with van der Waals surface area (Å²) in [5.41, 5.74) is 0.340. The van der Waals surface area contributed by atoms with Crippen molar-refractivity contribution in [1.82, 2.24) is 14.8 Å². The fourth-order valence-corrected chi connectivity index (χ4v) is 4.15. The second-order valence-electron chi connectivity index (χ2n) is 6.13. The van der Waals surface area contributed by atoms with E-state index in [-0.39, 0.29) is 23.2 Å². The highest BCUT2D eigenvalue weighted by Crippen LogP contribution is 2.53. The first kappa shape index (κ1) is 16.8. The zero-order valence-electron chi connectivity index (χ0n) is 13.5. The number of alkyl halides is 1. The molecule has 1 saturated heterocycles. The van der Waals surface area contributed by atoms with Gasteiger partial charge in [-0.1, -0.05) is 48.2 Å². The standard InChI is InChI=1S/C18H17ClFN3OS/c1-25-17-21-11-22-23(17)10-18(12-6-8-13(20)9-7-12)16(24-18)14-4-2-3-5-15(14)19/h2-9,11,14-16H,10H2,1H3. The molecule has 4 nitrogen and oxygen atoms in total. The first-order valence-electron chi connectivity index (χ1n) is 7.99. The minimum Gasteiger partial charge on any atom is -0.358 e. The zero-order valence-corrected chi connectivity index (χ0v) is 15.1. The van der Waals surface area contributed by atoms with Gasteiger partial charge >= 0.3 is 0 Å². The molecule has 25 heavy (non-hydrogen) atoms. The van der Waals surface area contributed by atoms with Crippen LogP contribution in [0.2, 0.25) is 0 Å². The Bertz CT molecular complexity index is 822. The monoisotopic (exact) mass is 377 g/mol. The van der Waals surface area contributed by atoms with Gasteiger partial charge in [-0.3, -0.25) is 0 Å². The SMILES string of the molecule is CSc1ncnn1CC1(c2ccc(F)cc2)OC1C1C=CC=CC1Cl. The number of hydrogen-bond donors (Lipinski definition) is 0. The molecule has 1 aliphatic carbocycles. The third-order valence-electron chi connectivity index (χ3n) is 4.68.